The Morgan fingerprint density at radius 2 is 1.89 bits per heavy atom. The number of likely N-dealkylation sites (N-methyl/N-ethyl adjacent to an activating group) is 1. The summed E-state index contributed by atoms with van der Waals surface area (Å²) >= 11 is 0. The molecule has 0 unspecified atom stereocenters. The molecular weight excluding hydrogens is 238 g/mol. The van der Waals surface area contributed by atoms with Gasteiger partial charge in [-0.25, -0.2) is 8.78 Å². The van der Waals surface area contributed by atoms with E-state index in [-0.39, 0.29) is 17.9 Å². The van der Waals surface area contributed by atoms with Crippen molar-refractivity contribution < 1.29 is 13.6 Å². The van der Waals surface area contributed by atoms with Gasteiger partial charge in [-0.15, -0.1) is 0 Å². The van der Waals surface area contributed by atoms with E-state index in [4.69, 9.17) is 0 Å². The number of anilines is 1. The Labute approximate surface area is 105 Å². The third-order valence-electron chi connectivity index (χ3n) is 3.12. The summed E-state index contributed by atoms with van der Waals surface area (Å²) in [4.78, 5) is 13.8. The zero-order valence-corrected chi connectivity index (χ0v) is 10.3. The number of carbonyl (C=O) groups excluding carboxylic acids is 1. The van der Waals surface area contributed by atoms with Crippen molar-refractivity contribution in [3.05, 3.63) is 29.3 Å². The molecule has 5 heteroatoms. The number of nitrogens with one attached hydrogen (secondary N) is 1. The van der Waals surface area contributed by atoms with Crippen LogP contribution in [-0.2, 0) is 0 Å². The molecule has 1 aromatic rings. The van der Waals surface area contributed by atoms with Gasteiger partial charge in [0.15, 0.2) is 17.4 Å². The molecule has 1 fully saturated rings. The van der Waals surface area contributed by atoms with E-state index in [9.17, 15) is 13.6 Å². The predicted octanol–water partition coefficient (Wildman–Crippen LogP) is 1.97. The van der Waals surface area contributed by atoms with Crippen molar-refractivity contribution in [2.24, 2.45) is 0 Å². The minimum atomic E-state index is -0.975. The summed E-state index contributed by atoms with van der Waals surface area (Å²) < 4.78 is 26.6. The third kappa shape index (κ3) is 2.51. The minimum absolute atomic E-state index is 0.117. The monoisotopic (exact) mass is 254 g/mol. The largest absolute Gasteiger partial charge is 0.371 e. The van der Waals surface area contributed by atoms with Crippen LogP contribution in [0.2, 0.25) is 0 Å². The Morgan fingerprint density at radius 3 is 2.50 bits per heavy atom. The van der Waals surface area contributed by atoms with Crippen molar-refractivity contribution in [3.8, 4) is 0 Å². The maximum Gasteiger partial charge on any atom is 0.178 e. The van der Waals surface area contributed by atoms with E-state index in [0.29, 0.717) is 5.69 Å². The number of benzene rings is 1. The fraction of sp³-hybridized carbons (Fsp3) is 0.462. The van der Waals surface area contributed by atoms with E-state index in [1.807, 2.05) is 4.90 Å². The van der Waals surface area contributed by atoms with Crippen molar-refractivity contribution in [1.29, 1.82) is 0 Å². The van der Waals surface area contributed by atoms with E-state index < -0.39 is 11.6 Å². The molecule has 1 saturated heterocycles. The van der Waals surface area contributed by atoms with Crippen molar-refractivity contribution in [1.82, 2.24) is 5.32 Å². The maximum absolute atomic E-state index is 13.3. The van der Waals surface area contributed by atoms with Gasteiger partial charge in [-0.1, -0.05) is 0 Å². The van der Waals surface area contributed by atoms with Crippen LogP contribution in [0.3, 0.4) is 0 Å². The first kappa shape index (κ1) is 13.0. The van der Waals surface area contributed by atoms with Crippen LogP contribution in [0, 0.1) is 11.6 Å². The Kier molecular flexibility index (Phi) is 3.91. The Bertz CT molecular complexity index is 457. The maximum atomic E-state index is 13.3. The lowest BCUT2D eigenvalue weighted by Crippen LogP contribution is -2.25. The van der Waals surface area contributed by atoms with Gasteiger partial charge in [0, 0.05) is 24.7 Å². The molecule has 0 aliphatic carbocycles. The van der Waals surface area contributed by atoms with Crippen molar-refractivity contribution in [3.63, 3.8) is 0 Å². The molecular formula is C13H16F2N2O. The van der Waals surface area contributed by atoms with E-state index in [0.717, 1.165) is 38.1 Å². The van der Waals surface area contributed by atoms with Gasteiger partial charge in [0.1, 0.15) is 0 Å². The van der Waals surface area contributed by atoms with Crippen LogP contribution < -0.4 is 10.2 Å². The van der Waals surface area contributed by atoms with Crippen LogP contribution in [-0.4, -0.2) is 32.5 Å². The SMILES string of the molecule is CNCC(=O)c1cc(F)c(F)cc1N1CCCC1. The van der Waals surface area contributed by atoms with Gasteiger partial charge >= 0.3 is 0 Å². The molecule has 1 heterocycles. The molecule has 3 nitrogen and oxygen atoms in total. The van der Waals surface area contributed by atoms with Crippen LogP contribution in [0.1, 0.15) is 23.2 Å². The lowest BCUT2D eigenvalue weighted by Gasteiger charge is -2.21. The number of carbonyl (C=O) groups is 1. The molecule has 2 rings (SSSR count). The number of rotatable bonds is 4. The summed E-state index contributed by atoms with van der Waals surface area (Å²) in [5.74, 6) is -2.10. The highest BCUT2D eigenvalue weighted by Crippen LogP contribution is 2.27. The van der Waals surface area contributed by atoms with Crippen molar-refractivity contribution >= 4 is 11.5 Å². The van der Waals surface area contributed by atoms with Crippen molar-refractivity contribution in [2.45, 2.75) is 12.8 Å². The fourth-order valence-electron chi connectivity index (χ4n) is 2.24. The predicted molar refractivity (Wildman–Crippen MR) is 66.1 cm³/mol. The van der Waals surface area contributed by atoms with Gasteiger partial charge < -0.3 is 10.2 Å². The second-order valence-corrected chi connectivity index (χ2v) is 4.43. The van der Waals surface area contributed by atoms with Gasteiger partial charge in [0.2, 0.25) is 0 Å². The zero-order valence-electron chi connectivity index (χ0n) is 10.3. The lowest BCUT2D eigenvalue weighted by molar-refractivity contribution is 0.0993. The van der Waals surface area contributed by atoms with Crippen molar-refractivity contribution in [2.75, 3.05) is 31.6 Å². The highest BCUT2D eigenvalue weighted by Gasteiger charge is 2.21. The van der Waals surface area contributed by atoms with Gasteiger partial charge in [0.05, 0.1) is 12.2 Å². The quantitative estimate of drug-likeness (QED) is 0.834. The molecule has 0 saturated carbocycles. The molecule has 0 radical (unpaired) electrons. The van der Waals surface area contributed by atoms with Crippen LogP contribution in [0.25, 0.3) is 0 Å². The molecule has 1 aromatic carbocycles. The first-order valence-corrected chi connectivity index (χ1v) is 6.05. The fourth-order valence-corrected chi connectivity index (χ4v) is 2.24. The number of hydrogen-bond donors (Lipinski definition) is 1. The average molecular weight is 254 g/mol. The molecule has 1 aliphatic rings. The first-order valence-electron chi connectivity index (χ1n) is 6.05. The topological polar surface area (TPSA) is 32.3 Å². The number of hydrogen-bond acceptors (Lipinski definition) is 3. The Morgan fingerprint density at radius 1 is 1.28 bits per heavy atom. The summed E-state index contributed by atoms with van der Waals surface area (Å²) in [5.41, 5.74) is 0.761. The van der Waals surface area contributed by atoms with Gasteiger partial charge in [-0.2, -0.15) is 0 Å². The normalized spacial score (nSPS) is 15.2. The molecule has 1 N–H and O–H groups in total. The molecule has 98 valence electrons. The number of ketones is 1. The third-order valence-corrected chi connectivity index (χ3v) is 3.12. The Balaban J connectivity index is 2.41. The molecule has 0 bridgehead atoms. The summed E-state index contributed by atoms with van der Waals surface area (Å²) in [6.07, 6.45) is 2.03. The van der Waals surface area contributed by atoms with Crippen LogP contribution in [0.5, 0.6) is 0 Å². The highest BCUT2D eigenvalue weighted by atomic mass is 19.2. The van der Waals surface area contributed by atoms with E-state index in [1.54, 1.807) is 7.05 Å². The minimum Gasteiger partial charge on any atom is -0.371 e. The molecule has 18 heavy (non-hydrogen) atoms. The molecule has 0 atom stereocenters. The van der Waals surface area contributed by atoms with Crippen LogP contribution in [0.4, 0.5) is 14.5 Å². The second kappa shape index (κ2) is 5.44. The number of Topliss-reactive ketones (excluding diaryl/α,β-unsaturated/α-hetero) is 1. The van der Waals surface area contributed by atoms with E-state index >= 15 is 0 Å². The molecule has 0 amide bonds. The summed E-state index contributed by atoms with van der Waals surface area (Å²) in [6.45, 7) is 1.68. The summed E-state index contributed by atoms with van der Waals surface area (Å²) in [5, 5.41) is 2.73. The smallest absolute Gasteiger partial charge is 0.178 e. The summed E-state index contributed by atoms with van der Waals surface area (Å²) in [7, 11) is 1.65. The first-order chi connectivity index (χ1) is 8.63. The van der Waals surface area contributed by atoms with Crippen LogP contribution >= 0.6 is 0 Å². The average Bonchev–Trinajstić information content (AvgIpc) is 2.86. The van der Waals surface area contributed by atoms with Gasteiger partial charge in [-0.3, -0.25) is 4.79 Å². The zero-order chi connectivity index (χ0) is 13.1. The number of nitrogens with zero attached hydrogens (tertiary/aromatic N) is 1. The molecule has 1 aliphatic heterocycles. The molecule has 0 aromatic heterocycles. The van der Waals surface area contributed by atoms with Crippen LogP contribution in [0.15, 0.2) is 12.1 Å². The number of halogens is 2. The molecule has 0 spiro atoms. The second-order valence-electron chi connectivity index (χ2n) is 4.43. The lowest BCUT2D eigenvalue weighted by atomic mass is 10.1. The van der Waals surface area contributed by atoms with E-state index in [2.05, 4.69) is 5.32 Å². The van der Waals surface area contributed by atoms with Gasteiger partial charge in [-0.05, 0) is 26.0 Å². The van der Waals surface area contributed by atoms with E-state index in [1.165, 1.54) is 0 Å². The van der Waals surface area contributed by atoms with Gasteiger partial charge in [0.25, 0.3) is 0 Å². The Hall–Kier alpha value is -1.49. The highest BCUT2D eigenvalue weighted by molar-refractivity contribution is 6.02. The summed E-state index contributed by atoms with van der Waals surface area (Å²) in [6, 6.07) is 2.13. The standard InChI is InChI=1S/C13H16F2N2O/c1-16-8-13(18)9-6-10(14)11(15)7-12(9)17-4-2-3-5-17/h6-7,16H,2-5,8H2,1H3.